The Labute approximate surface area is 106 Å². The van der Waals surface area contributed by atoms with Gasteiger partial charge in [-0.2, -0.15) is 18.4 Å². The third-order valence-corrected chi connectivity index (χ3v) is 2.59. The van der Waals surface area contributed by atoms with E-state index in [4.69, 9.17) is 5.26 Å². The molecule has 1 N–H and O–H groups in total. The van der Waals surface area contributed by atoms with Crippen LogP contribution in [-0.4, -0.2) is 6.04 Å². The summed E-state index contributed by atoms with van der Waals surface area (Å²) in [4.78, 5) is 0. The fraction of sp³-hybridized carbons (Fsp3) is 0.364. The lowest BCUT2D eigenvalue weighted by molar-refractivity contribution is -0.137. The molecular weight excluding hydrogens is 297 g/mol. The van der Waals surface area contributed by atoms with Crippen molar-refractivity contribution in [2.24, 2.45) is 0 Å². The Morgan fingerprint density at radius 2 is 2.06 bits per heavy atom. The first-order chi connectivity index (χ1) is 7.86. The average Bonchev–Trinajstić information content (AvgIpc) is 2.24. The zero-order valence-electron chi connectivity index (χ0n) is 8.98. The lowest BCUT2D eigenvalue weighted by atomic mass is 10.1. The Morgan fingerprint density at radius 1 is 1.41 bits per heavy atom. The van der Waals surface area contributed by atoms with E-state index in [1.54, 1.807) is 6.92 Å². The largest absolute Gasteiger partial charge is 0.416 e. The molecule has 92 valence electrons. The van der Waals surface area contributed by atoms with Crippen molar-refractivity contribution in [1.29, 1.82) is 5.26 Å². The molecule has 0 aliphatic rings. The van der Waals surface area contributed by atoms with Crippen LogP contribution in [0.2, 0.25) is 0 Å². The highest BCUT2D eigenvalue weighted by Gasteiger charge is 2.31. The Hall–Kier alpha value is -1.22. The Morgan fingerprint density at radius 3 is 2.53 bits per heavy atom. The number of hydrogen-bond acceptors (Lipinski definition) is 2. The number of anilines is 1. The van der Waals surface area contributed by atoms with Gasteiger partial charge in [0.25, 0.3) is 0 Å². The zero-order valence-corrected chi connectivity index (χ0v) is 10.6. The van der Waals surface area contributed by atoms with Gasteiger partial charge in [-0.25, -0.2) is 0 Å². The molecule has 6 heteroatoms. The highest BCUT2D eigenvalue weighted by Crippen LogP contribution is 2.33. The monoisotopic (exact) mass is 306 g/mol. The number of alkyl halides is 3. The molecule has 0 aliphatic carbocycles. The van der Waals surface area contributed by atoms with E-state index in [0.29, 0.717) is 10.9 Å². The highest BCUT2D eigenvalue weighted by atomic mass is 79.9. The van der Waals surface area contributed by atoms with Crippen molar-refractivity contribution in [1.82, 2.24) is 0 Å². The van der Waals surface area contributed by atoms with Crippen LogP contribution in [0.1, 0.15) is 18.9 Å². The molecule has 1 aromatic rings. The number of nitriles is 1. The summed E-state index contributed by atoms with van der Waals surface area (Å²) in [6.45, 7) is 1.78. The van der Waals surface area contributed by atoms with Crippen molar-refractivity contribution < 1.29 is 13.2 Å². The molecule has 0 amide bonds. The summed E-state index contributed by atoms with van der Waals surface area (Å²) in [5.41, 5.74) is -0.470. The molecule has 1 rings (SSSR count). The van der Waals surface area contributed by atoms with Crippen LogP contribution in [0.4, 0.5) is 18.9 Å². The first kappa shape index (κ1) is 13.8. The molecule has 0 aromatic heterocycles. The van der Waals surface area contributed by atoms with Gasteiger partial charge in [-0.3, -0.25) is 0 Å². The van der Waals surface area contributed by atoms with E-state index in [1.165, 1.54) is 6.07 Å². The predicted octanol–water partition coefficient (Wildman–Crippen LogP) is 4.18. The Bertz CT molecular complexity index is 437. The topological polar surface area (TPSA) is 35.8 Å². The van der Waals surface area contributed by atoms with E-state index in [9.17, 15) is 13.2 Å². The second-order valence-corrected chi connectivity index (χ2v) is 4.38. The normalized spacial score (nSPS) is 12.9. The number of halogens is 4. The van der Waals surface area contributed by atoms with Gasteiger partial charge in [-0.1, -0.05) is 22.9 Å². The maximum absolute atomic E-state index is 12.5. The third kappa shape index (κ3) is 3.93. The van der Waals surface area contributed by atoms with Crippen LogP contribution in [-0.2, 0) is 6.18 Å². The van der Waals surface area contributed by atoms with Crippen molar-refractivity contribution in [3.8, 4) is 6.07 Å². The van der Waals surface area contributed by atoms with Crippen molar-refractivity contribution in [2.45, 2.75) is 25.6 Å². The predicted molar refractivity (Wildman–Crippen MR) is 62.5 cm³/mol. The molecule has 1 unspecified atom stereocenters. The average molecular weight is 307 g/mol. The number of benzene rings is 1. The fourth-order valence-corrected chi connectivity index (χ4v) is 1.76. The Kier molecular flexibility index (Phi) is 4.40. The summed E-state index contributed by atoms with van der Waals surface area (Å²) in [6.07, 6.45) is -3.88. The maximum Gasteiger partial charge on any atom is 0.416 e. The minimum atomic E-state index is -4.39. The number of nitrogens with zero attached hydrogens (tertiary/aromatic N) is 1. The van der Waals surface area contributed by atoms with Crippen LogP contribution in [0.15, 0.2) is 22.7 Å². The minimum Gasteiger partial charge on any atom is -0.370 e. The van der Waals surface area contributed by atoms with Gasteiger partial charge < -0.3 is 5.32 Å². The molecule has 1 atom stereocenters. The lowest BCUT2D eigenvalue weighted by Gasteiger charge is -2.14. The van der Waals surface area contributed by atoms with Gasteiger partial charge in [0.2, 0.25) is 0 Å². The first-order valence-electron chi connectivity index (χ1n) is 4.90. The molecule has 0 bridgehead atoms. The lowest BCUT2D eigenvalue weighted by Crippen LogP contribution is -2.16. The van der Waals surface area contributed by atoms with Crippen LogP contribution in [0.25, 0.3) is 0 Å². The summed E-state index contributed by atoms with van der Waals surface area (Å²) in [6, 6.07) is 4.97. The summed E-state index contributed by atoms with van der Waals surface area (Å²) >= 11 is 3.02. The van der Waals surface area contributed by atoms with Crippen molar-refractivity contribution in [2.75, 3.05) is 5.32 Å². The smallest absolute Gasteiger partial charge is 0.370 e. The van der Waals surface area contributed by atoms with E-state index in [2.05, 4.69) is 21.2 Å². The van der Waals surface area contributed by atoms with E-state index >= 15 is 0 Å². The van der Waals surface area contributed by atoms with Gasteiger partial charge in [-0.15, -0.1) is 0 Å². The molecule has 0 spiro atoms. The van der Waals surface area contributed by atoms with E-state index in [0.717, 1.165) is 12.1 Å². The number of hydrogen-bond donors (Lipinski definition) is 1. The van der Waals surface area contributed by atoms with E-state index in [-0.39, 0.29) is 5.69 Å². The molecule has 0 aliphatic heterocycles. The van der Waals surface area contributed by atoms with Crippen LogP contribution >= 0.6 is 15.9 Å². The van der Waals surface area contributed by atoms with E-state index in [1.807, 2.05) is 6.07 Å². The molecule has 0 saturated heterocycles. The summed E-state index contributed by atoms with van der Waals surface area (Å²) in [5.74, 6) is 0. The van der Waals surface area contributed by atoms with Crippen molar-refractivity contribution in [3.05, 3.63) is 28.2 Å². The van der Waals surface area contributed by atoms with Gasteiger partial charge in [-0.05, 0) is 24.6 Å². The zero-order chi connectivity index (χ0) is 13.1. The first-order valence-corrected chi connectivity index (χ1v) is 5.70. The van der Waals surface area contributed by atoms with Gasteiger partial charge in [0.05, 0.1) is 11.6 Å². The second-order valence-electron chi connectivity index (χ2n) is 3.46. The maximum atomic E-state index is 12.5. The quantitative estimate of drug-likeness (QED) is 0.909. The van der Waals surface area contributed by atoms with Crippen molar-refractivity contribution >= 4 is 21.6 Å². The van der Waals surface area contributed by atoms with Crippen LogP contribution in [0, 0.1) is 11.3 Å². The fourth-order valence-electron chi connectivity index (χ4n) is 1.26. The minimum absolute atomic E-state index is 0.278. The molecule has 0 fully saturated rings. The summed E-state index contributed by atoms with van der Waals surface area (Å²) < 4.78 is 37.9. The van der Waals surface area contributed by atoms with Gasteiger partial charge in [0, 0.05) is 10.2 Å². The Balaban J connectivity index is 3.03. The SMILES string of the molecule is CCC(C#N)Nc1cc(Br)cc(C(F)(F)F)c1. The number of rotatable bonds is 3. The number of nitrogens with one attached hydrogen (secondary N) is 1. The van der Waals surface area contributed by atoms with Gasteiger partial charge >= 0.3 is 6.18 Å². The van der Waals surface area contributed by atoms with Crippen molar-refractivity contribution in [3.63, 3.8) is 0 Å². The molecule has 0 saturated carbocycles. The molecule has 0 heterocycles. The van der Waals surface area contributed by atoms with Gasteiger partial charge in [0.1, 0.15) is 6.04 Å². The molecule has 2 nitrogen and oxygen atoms in total. The molecular formula is C11H10BrF3N2. The van der Waals surface area contributed by atoms with E-state index < -0.39 is 17.8 Å². The summed E-state index contributed by atoms with van der Waals surface area (Å²) in [5, 5.41) is 11.5. The van der Waals surface area contributed by atoms with Crippen LogP contribution in [0.3, 0.4) is 0 Å². The second kappa shape index (κ2) is 5.41. The standard InChI is InChI=1S/C11H10BrF3N2/c1-2-9(6-16)17-10-4-7(11(13,14)15)3-8(12)5-10/h3-5,9,17H,2H2,1H3. The molecule has 17 heavy (non-hydrogen) atoms. The highest BCUT2D eigenvalue weighted by molar-refractivity contribution is 9.10. The van der Waals surface area contributed by atoms with Gasteiger partial charge in [0.15, 0.2) is 0 Å². The van der Waals surface area contributed by atoms with Crippen LogP contribution < -0.4 is 5.32 Å². The third-order valence-electron chi connectivity index (χ3n) is 2.13. The summed E-state index contributed by atoms with van der Waals surface area (Å²) in [7, 11) is 0. The van der Waals surface area contributed by atoms with Crippen LogP contribution in [0.5, 0.6) is 0 Å². The molecule has 0 radical (unpaired) electrons. The molecule has 1 aromatic carbocycles.